The van der Waals surface area contributed by atoms with E-state index in [2.05, 4.69) is 55.6 Å². The van der Waals surface area contributed by atoms with Crippen molar-refractivity contribution in [1.29, 1.82) is 0 Å². The lowest BCUT2D eigenvalue weighted by Crippen LogP contribution is -2.01. The van der Waals surface area contributed by atoms with Gasteiger partial charge in [-0.1, -0.05) is 64.5 Å². The summed E-state index contributed by atoms with van der Waals surface area (Å²) >= 11 is 0. The minimum Gasteiger partial charge on any atom is -0.494 e. The van der Waals surface area contributed by atoms with E-state index >= 15 is 0 Å². The van der Waals surface area contributed by atoms with Crippen molar-refractivity contribution in [3.63, 3.8) is 0 Å². The third-order valence-corrected chi connectivity index (χ3v) is 4.81. The lowest BCUT2D eigenvalue weighted by atomic mass is 10.2. The molecule has 0 saturated carbocycles. The van der Waals surface area contributed by atoms with Crippen LogP contribution in [-0.2, 0) is 6.54 Å². The fraction of sp³-hybridized carbons (Fsp3) is 0.520. The van der Waals surface area contributed by atoms with Crippen LogP contribution >= 0.6 is 0 Å². The monoisotopic (exact) mass is 383 g/mol. The zero-order valence-corrected chi connectivity index (χ0v) is 17.7. The SMILES string of the molecule is CCCCCCOc1ccc(CNc2ccc(OCCCCCC)cc2)cc1. The molecule has 0 aliphatic rings. The zero-order chi connectivity index (χ0) is 19.9. The number of nitrogens with one attached hydrogen (secondary N) is 1. The predicted molar refractivity (Wildman–Crippen MR) is 119 cm³/mol. The number of rotatable bonds is 15. The molecule has 0 heterocycles. The Labute approximate surface area is 171 Å². The second-order valence-electron chi connectivity index (χ2n) is 7.34. The lowest BCUT2D eigenvalue weighted by Gasteiger charge is -2.10. The summed E-state index contributed by atoms with van der Waals surface area (Å²) in [7, 11) is 0. The van der Waals surface area contributed by atoms with E-state index in [-0.39, 0.29) is 0 Å². The van der Waals surface area contributed by atoms with Gasteiger partial charge in [0.25, 0.3) is 0 Å². The molecule has 0 spiro atoms. The summed E-state index contributed by atoms with van der Waals surface area (Å²) in [5.41, 5.74) is 2.35. The summed E-state index contributed by atoms with van der Waals surface area (Å²) in [6.07, 6.45) is 9.87. The van der Waals surface area contributed by atoms with Crippen molar-refractivity contribution in [3.8, 4) is 11.5 Å². The molecule has 3 heteroatoms. The van der Waals surface area contributed by atoms with Crippen molar-refractivity contribution >= 4 is 5.69 Å². The van der Waals surface area contributed by atoms with E-state index in [1.54, 1.807) is 0 Å². The fourth-order valence-electron chi connectivity index (χ4n) is 3.01. The van der Waals surface area contributed by atoms with Crippen molar-refractivity contribution in [3.05, 3.63) is 54.1 Å². The smallest absolute Gasteiger partial charge is 0.119 e. The molecule has 0 saturated heterocycles. The molecular formula is C25H37NO2. The number of benzene rings is 2. The first kappa shape index (κ1) is 22.1. The average molecular weight is 384 g/mol. The molecule has 0 atom stereocenters. The molecule has 0 aromatic heterocycles. The van der Waals surface area contributed by atoms with Crippen molar-refractivity contribution in [1.82, 2.24) is 0 Å². The van der Waals surface area contributed by atoms with Gasteiger partial charge in [0.1, 0.15) is 11.5 Å². The van der Waals surface area contributed by atoms with Crippen LogP contribution in [-0.4, -0.2) is 13.2 Å². The van der Waals surface area contributed by atoms with Crippen molar-refractivity contribution in [2.24, 2.45) is 0 Å². The summed E-state index contributed by atoms with van der Waals surface area (Å²) in [6.45, 7) is 6.87. The average Bonchev–Trinajstić information content (AvgIpc) is 2.74. The highest BCUT2D eigenvalue weighted by molar-refractivity contribution is 5.47. The van der Waals surface area contributed by atoms with Crippen molar-refractivity contribution < 1.29 is 9.47 Å². The number of anilines is 1. The third-order valence-electron chi connectivity index (χ3n) is 4.81. The van der Waals surface area contributed by atoms with Gasteiger partial charge in [-0.15, -0.1) is 0 Å². The second-order valence-corrected chi connectivity index (χ2v) is 7.34. The normalized spacial score (nSPS) is 10.6. The maximum Gasteiger partial charge on any atom is 0.119 e. The van der Waals surface area contributed by atoms with Crippen molar-refractivity contribution in [2.45, 2.75) is 71.8 Å². The van der Waals surface area contributed by atoms with Crippen LogP contribution in [0.4, 0.5) is 5.69 Å². The van der Waals surface area contributed by atoms with E-state index in [0.717, 1.165) is 49.8 Å². The standard InChI is InChI=1S/C25H37NO2/c1-3-5-7-9-19-27-24-15-11-22(12-16-24)21-26-23-13-17-25(18-14-23)28-20-10-8-6-4-2/h11-18,26H,3-10,19-21H2,1-2H3. The molecule has 2 aromatic carbocycles. The summed E-state index contributed by atoms with van der Waals surface area (Å²) in [5, 5.41) is 3.46. The Kier molecular flexibility index (Phi) is 11.0. The third kappa shape index (κ3) is 9.16. The molecule has 28 heavy (non-hydrogen) atoms. The van der Waals surface area contributed by atoms with Crippen LogP contribution < -0.4 is 14.8 Å². The summed E-state index contributed by atoms with van der Waals surface area (Å²) in [4.78, 5) is 0. The number of hydrogen-bond acceptors (Lipinski definition) is 3. The highest BCUT2D eigenvalue weighted by Gasteiger charge is 1.99. The Morgan fingerprint density at radius 2 is 1.11 bits per heavy atom. The van der Waals surface area contributed by atoms with Crippen molar-refractivity contribution in [2.75, 3.05) is 18.5 Å². The van der Waals surface area contributed by atoms with Gasteiger partial charge in [-0.05, 0) is 54.8 Å². The quantitative estimate of drug-likeness (QED) is 0.329. The second kappa shape index (κ2) is 13.9. The van der Waals surface area contributed by atoms with Gasteiger partial charge in [-0.25, -0.2) is 0 Å². The van der Waals surface area contributed by atoms with Gasteiger partial charge in [0.15, 0.2) is 0 Å². The van der Waals surface area contributed by atoms with Crippen LogP contribution in [0.2, 0.25) is 0 Å². The van der Waals surface area contributed by atoms with Gasteiger partial charge < -0.3 is 14.8 Å². The van der Waals surface area contributed by atoms with Crippen LogP contribution in [0.25, 0.3) is 0 Å². The molecule has 0 radical (unpaired) electrons. The molecule has 0 unspecified atom stereocenters. The van der Waals surface area contributed by atoms with E-state index < -0.39 is 0 Å². The predicted octanol–water partition coefficient (Wildman–Crippen LogP) is 7.22. The molecule has 1 N–H and O–H groups in total. The maximum absolute atomic E-state index is 5.80. The molecular weight excluding hydrogens is 346 g/mol. The van der Waals surface area contributed by atoms with E-state index in [4.69, 9.17) is 9.47 Å². The molecule has 0 aliphatic carbocycles. The molecule has 0 aliphatic heterocycles. The Bertz CT molecular complexity index is 565. The minimum absolute atomic E-state index is 0.800. The molecule has 154 valence electrons. The van der Waals surface area contributed by atoms with Gasteiger partial charge in [-0.3, -0.25) is 0 Å². The largest absolute Gasteiger partial charge is 0.494 e. The highest BCUT2D eigenvalue weighted by Crippen LogP contribution is 2.18. The first-order valence-electron chi connectivity index (χ1n) is 11.0. The summed E-state index contributed by atoms with van der Waals surface area (Å²) in [5.74, 6) is 1.91. The molecule has 0 amide bonds. The Hall–Kier alpha value is -2.16. The first-order chi connectivity index (χ1) is 13.8. The lowest BCUT2D eigenvalue weighted by molar-refractivity contribution is 0.305. The van der Waals surface area contributed by atoms with Crippen LogP contribution in [0.15, 0.2) is 48.5 Å². The Morgan fingerprint density at radius 1 is 0.607 bits per heavy atom. The maximum atomic E-state index is 5.80. The van der Waals surface area contributed by atoms with Gasteiger partial charge in [-0.2, -0.15) is 0 Å². The summed E-state index contributed by atoms with van der Waals surface area (Å²) in [6, 6.07) is 16.6. The van der Waals surface area contributed by atoms with E-state index in [1.807, 2.05) is 12.1 Å². The minimum atomic E-state index is 0.800. The molecule has 2 aromatic rings. The van der Waals surface area contributed by atoms with E-state index in [1.165, 1.54) is 44.1 Å². The Balaban J connectivity index is 1.66. The topological polar surface area (TPSA) is 30.5 Å². The number of ether oxygens (including phenoxy) is 2. The van der Waals surface area contributed by atoms with Gasteiger partial charge in [0, 0.05) is 12.2 Å². The Morgan fingerprint density at radius 3 is 1.61 bits per heavy atom. The van der Waals surface area contributed by atoms with Gasteiger partial charge >= 0.3 is 0 Å². The fourth-order valence-corrected chi connectivity index (χ4v) is 3.01. The zero-order valence-electron chi connectivity index (χ0n) is 17.7. The molecule has 3 nitrogen and oxygen atoms in total. The van der Waals surface area contributed by atoms with Crippen LogP contribution in [0.3, 0.4) is 0 Å². The molecule has 2 rings (SSSR count). The van der Waals surface area contributed by atoms with Crippen LogP contribution in [0.1, 0.15) is 70.8 Å². The van der Waals surface area contributed by atoms with Gasteiger partial charge in [0.05, 0.1) is 13.2 Å². The van der Waals surface area contributed by atoms with Crippen LogP contribution in [0, 0.1) is 0 Å². The summed E-state index contributed by atoms with van der Waals surface area (Å²) < 4.78 is 11.6. The van der Waals surface area contributed by atoms with Gasteiger partial charge in [0.2, 0.25) is 0 Å². The van der Waals surface area contributed by atoms with E-state index in [9.17, 15) is 0 Å². The van der Waals surface area contributed by atoms with E-state index in [0.29, 0.717) is 0 Å². The highest BCUT2D eigenvalue weighted by atomic mass is 16.5. The first-order valence-corrected chi connectivity index (χ1v) is 11.0. The molecule has 0 fully saturated rings. The molecule has 0 bridgehead atoms. The van der Waals surface area contributed by atoms with Crippen LogP contribution in [0.5, 0.6) is 11.5 Å². The number of unbranched alkanes of at least 4 members (excludes halogenated alkanes) is 6. The number of hydrogen-bond donors (Lipinski definition) is 1.